The Kier molecular flexibility index (Phi) is 4.04. The van der Waals surface area contributed by atoms with Crippen LogP contribution in [0.3, 0.4) is 0 Å². The molecule has 1 aliphatic heterocycles. The summed E-state index contributed by atoms with van der Waals surface area (Å²) in [7, 11) is 0. The summed E-state index contributed by atoms with van der Waals surface area (Å²) in [5, 5.41) is 0. The predicted molar refractivity (Wildman–Crippen MR) is 76.1 cm³/mol. The zero-order valence-corrected chi connectivity index (χ0v) is 11.6. The van der Waals surface area contributed by atoms with Crippen LogP contribution in [0.15, 0.2) is 12.1 Å². The molecule has 2 unspecified atom stereocenters. The molecule has 0 radical (unpaired) electrons. The lowest BCUT2D eigenvalue weighted by atomic mass is 9.90. The van der Waals surface area contributed by atoms with E-state index in [9.17, 15) is 4.79 Å². The van der Waals surface area contributed by atoms with Crippen LogP contribution in [0.2, 0.25) is 0 Å². The van der Waals surface area contributed by atoms with Crippen molar-refractivity contribution in [3.8, 4) is 0 Å². The molecule has 104 valence electrons. The lowest BCUT2D eigenvalue weighted by molar-refractivity contribution is 0.1000. The maximum atomic E-state index is 11.3. The molecule has 4 N–H and O–H groups in total. The smallest absolute Gasteiger partial charge is 0.248 e. The number of rotatable bonds is 3. The van der Waals surface area contributed by atoms with Crippen molar-refractivity contribution in [2.75, 3.05) is 18.0 Å². The van der Waals surface area contributed by atoms with Gasteiger partial charge in [-0.05, 0) is 31.4 Å². The standard InChI is InChI=1S/C14H22N4O/c1-3-10-8-18(5-4-12(10)15)13-7-11(14(16)19)6-9(2)17-13/h6-7,10,12H,3-5,8,15H2,1-2H3,(H2,16,19). The molecule has 1 aromatic rings. The highest BCUT2D eigenvalue weighted by molar-refractivity contribution is 5.93. The quantitative estimate of drug-likeness (QED) is 0.852. The number of amides is 1. The van der Waals surface area contributed by atoms with Crippen LogP contribution < -0.4 is 16.4 Å². The van der Waals surface area contributed by atoms with E-state index in [4.69, 9.17) is 11.5 Å². The van der Waals surface area contributed by atoms with Crippen LogP contribution in [0, 0.1) is 12.8 Å². The molecule has 5 heteroatoms. The van der Waals surface area contributed by atoms with Gasteiger partial charge in [-0.3, -0.25) is 4.79 Å². The molecule has 19 heavy (non-hydrogen) atoms. The number of hydrogen-bond donors (Lipinski definition) is 2. The molecule has 1 saturated heterocycles. The molecular weight excluding hydrogens is 240 g/mol. The Labute approximate surface area is 114 Å². The van der Waals surface area contributed by atoms with Gasteiger partial charge in [0.05, 0.1) is 0 Å². The number of carbonyl (C=O) groups excluding carboxylic acids is 1. The van der Waals surface area contributed by atoms with Gasteiger partial charge in [0.2, 0.25) is 5.91 Å². The average Bonchev–Trinajstić information content (AvgIpc) is 2.38. The second kappa shape index (κ2) is 5.57. The lowest BCUT2D eigenvalue weighted by Gasteiger charge is -2.37. The third-order valence-corrected chi connectivity index (χ3v) is 3.87. The molecule has 0 spiro atoms. The fourth-order valence-electron chi connectivity index (χ4n) is 2.65. The number of hydrogen-bond acceptors (Lipinski definition) is 4. The SMILES string of the molecule is CCC1CN(c2cc(C(N)=O)cc(C)n2)CCC1N. The van der Waals surface area contributed by atoms with Crippen LogP contribution in [0.25, 0.3) is 0 Å². The first kappa shape index (κ1) is 13.8. The summed E-state index contributed by atoms with van der Waals surface area (Å²) in [6.45, 7) is 5.81. The van der Waals surface area contributed by atoms with Crippen molar-refractivity contribution in [3.05, 3.63) is 23.4 Å². The van der Waals surface area contributed by atoms with Crippen LogP contribution in [0.1, 0.15) is 35.8 Å². The number of primary amides is 1. The summed E-state index contributed by atoms with van der Waals surface area (Å²) in [5.74, 6) is 0.903. The Morgan fingerprint density at radius 2 is 2.26 bits per heavy atom. The molecule has 2 heterocycles. The number of piperidine rings is 1. The van der Waals surface area contributed by atoms with Gasteiger partial charge in [0, 0.05) is 30.4 Å². The second-order valence-electron chi connectivity index (χ2n) is 5.29. The van der Waals surface area contributed by atoms with E-state index in [-0.39, 0.29) is 6.04 Å². The minimum absolute atomic E-state index is 0.265. The number of aromatic nitrogens is 1. The third kappa shape index (κ3) is 3.04. The molecular formula is C14H22N4O. The Morgan fingerprint density at radius 3 is 2.89 bits per heavy atom. The van der Waals surface area contributed by atoms with Crippen molar-refractivity contribution in [1.29, 1.82) is 0 Å². The molecule has 1 fully saturated rings. The first-order valence-electron chi connectivity index (χ1n) is 6.80. The zero-order valence-electron chi connectivity index (χ0n) is 11.6. The van der Waals surface area contributed by atoms with Crippen molar-refractivity contribution in [1.82, 2.24) is 4.98 Å². The molecule has 0 aliphatic carbocycles. The van der Waals surface area contributed by atoms with Gasteiger partial charge in [-0.2, -0.15) is 0 Å². The molecule has 1 aromatic heterocycles. The van der Waals surface area contributed by atoms with Crippen molar-refractivity contribution >= 4 is 11.7 Å². The molecule has 0 aromatic carbocycles. The normalized spacial score (nSPS) is 23.4. The number of nitrogens with zero attached hydrogens (tertiary/aromatic N) is 2. The third-order valence-electron chi connectivity index (χ3n) is 3.87. The molecule has 1 aliphatic rings. The summed E-state index contributed by atoms with van der Waals surface area (Å²) in [4.78, 5) is 18.0. The maximum Gasteiger partial charge on any atom is 0.248 e. The van der Waals surface area contributed by atoms with Crippen molar-refractivity contribution in [2.45, 2.75) is 32.7 Å². The monoisotopic (exact) mass is 262 g/mol. The summed E-state index contributed by atoms with van der Waals surface area (Å²) in [5.41, 5.74) is 12.8. The van der Waals surface area contributed by atoms with E-state index in [1.165, 1.54) is 0 Å². The summed E-state index contributed by atoms with van der Waals surface area (Å²) >= 11 is 0. The van der Waals surface area contributed by atoms with E-state index in [1.54, 1.807) is 12.1 Å². The second-order valence-corrected chi connectivity index (χ2v) is 5.29. The first-order chi connectivity index (χ1) is 9.01. The van der Waals surface area contributed by atoms with Crippen LogP contribution in [0.5, 0.6) is 0 Å². The van der Waals surface area contributed by atoms with E-state index in [1.807, 2.05) is 6.92 Å². The van der Waals surface area contributed by atoms with Gasteiger partial charge in [0.25, 0.3) is 0 Å². The number of anilines is 1. The fraction of sp³-hybridized carbons (Fsp3) is 0.571. The van der Waals surface area contributed by atoms with Crippen molar-refractivity contribution in [2.24, 2.45) is 17.4 Å². The molecule has 0 saturated carbocycles. The van der Waals surface area contributed by atoms with Gasteiger partial charge in [-0.15, -0.1) is 0 Å². The van der Waals surface area contributed by atoms with E-state index >= 15 is 0 Å². The average molecular weight is 262 g/mol. The van der Waals surface area contributed by atoms with Crippen molar-refractivity contribution in [3.63, 3.8) is 0 Å². The summed E-state index contributed by atoms with van der Waals surface area (Å²) in [6, 6.07) is 3.76. The number of carbonyl (C=O) groups is 1. The number of nitrogens with two attached hydrogens (primary N) is 2. The van der Waals surface area contributed by atoms with Crippen LogP contribution in [0.4, 0.5) is 5.82 Å². The van der Waals surface area contributed by atoms with E-state index in [2.05, 4.69) is 16.8 Å². The zero-order chi connectivity index (χ0) is 14.0. The molecule has 1 amide bonds. The molecule has 2 atom stereocenters. The Hall–Kier alpha value is -1.62. The fourth-order valence-corrected chi connectivity index (χ4v) is 2.65. The summed E-state index contributed by atoms with van der Waals surface area (Å²) in [6.07, 6.45) is 2.02. The predicted octanol–water partition coefficient (Wildman–Crippen LogP) is 1.05. The van der Waals surface area contributed by atoms with Gasteiger partial charge in [0.15, 0.2) is 0 Å². The number of aryl methyl sites for hydroxylation is 1. The number of pyridine rings is 1. The van der Waals surface area contributed by atoms with Gasteiger partial charge < -0.3 is 16.4 Å². The van der Waals surface area contributed by atoms with E-state index in [0.29, 0.717) is 11.5 Å². The van der Waals surface area contributed by atoms with Crippen LogP contribution in [-0.2, 0) is 0 Å². The minimum atomic E-state index is -0.410. The Bertz CT molecular complexity index is 475. The highest BCUT2D eigenvalue weighted by Gasteiger charge is 2.26. The van der Waals surface area contributed by atoms with Gasteiger partial charge >= 0.3 is 0 Å². The van der Waals surface area contributed by atoms with E-state index < -0.39 is 5.91 Å². The topological polar surface area (TPSA) is 85.2 Å². The van der Waals surface area contributed by atoms with E-state index in [0.717, 1.165) is 37.4 Å². The van der Waals surface area contributed by atoms with Crippen molar-refractivity contribution < 1.29 is 4.79 Å². The van der Waals surface area contributed by atoms with Crippen LogP contribution in [-0.4, -0.2) is 30.0 Å². The van der Waals surface area contributed by atoms with Gasteiger partial charge in [-0.1, -0.05) is 13.3 Å². The minimum Gasteiger partial charge on any atom is -0.366 e. The highest BCUT2D eigenvalue weighted by atomic mass is 16.1. The van der Waals surface area contributed by atoms with Crippen LogP contribution >= 0.6 is 0 Å². The molecule has 2 rings (SSSR count). The van der Waals surface area contributed by atoms with Gasteiger partial charge in [-0.25, -0.2) is 4.98 Å². The summed E-state index contributed by atoms with van der Waals surface area (Å²) < 4.78 is 0. The Morgan fingerprint density at radius 1 is 1.53 bits per heavy atom. The first-order valence-corrected chi connectivity index (χ1v) is 6.80. The molecule has 5 nitrogen and oxygen atoms in total. The largest absolute Gasteiger partial charge is 0.366 e. The molecule has 0 bridgehead atoms. The lowest BCUT2D eigenvalue weighted by Crippen LogP contribution is -2.47. The van der Waals surface area contributed by atoms with Gasteiger partial charge in [0.1, 0.15) is 5.82 Å². The maximum absolute atomic E-state index is 11.3. The highest BCUT2D eigenvalue weighted by Crippen LogP contribution is 2.24. The Balaban J connectivity index is 2.24.